The number of halogens is 1. The molecular formula is C27H36BrN5O. The van der Waals surface area contributed by atoms with Crippen LogP contribution in [0, 0.1) is 13.8 Å². The Morgan fingerprint density at radius 1 is 1.09 bits per heavy atom. The van der Waals surface area contributed by atoms with Crippen LogP contribution in [0.15, 0.2) is 29.0 Å². The summed E-state index contributed by atoms with van der Waals surface area (Å²) in [4.78, 5) is 29.2. The van der Waals surface area contributed by atoms with Gasteiger partial charge in [-0.15, -0.1) is 0 Å². The number of piperidine rings is 1. The average Bonchev–Trinajstić information content (AvgIpc) is 3.22. The molecule has 3 aliphatic rings. The Morgan fingerprint density at radius 2 is 1.79 bits per heavy atom. The van der Waals surface area contributed by atoms with E-state index >= 15 is 0 Å². The van der Waals surface area contributed by atoms with Crippen LogP contribution in [0.5, 0.6) is 0 Å². The largest absolute Gasteiger partial charge is 0.338 e. The molecule has 182 valence electrons. The molecule has 1 aliphatic carbocycles. The van der Waals surface area contributed by atoms with Gasteiger partial charge in [0.1, 0.15) is 6.33 Å². The van der Waals surface area contributed by atoms with E-state index < -0.39 is 0 Å². The summed E-state index contributed by atoms with van der Waals surface area (Å²) >= 11 is 3.63. The van der Waals surface area contributed by atoms with Crippen molar-refractivity contribution in [2.45, 2.75) is 71.0 Å². The maximum Gasteiger partial charge on any atom is 0.257 e. The predicted molar refractivity (Wildman–Crippen MR) is 138 cm³/mol. The lowest BCUT2D eigenvalue weighted by Gasteiger charge is -2.52. The molecule has 2 saturated heterocycles. The number of aryl methyl sites for hydroxylation is 3. The maximum absolute atomic E-state index is 13.2. The van der Waals surface area contributed by atoms with E-state index in [2.05, 4.69) is 67.7 Å². The summed E-state index contributed by atoms with van der Waals surface area (Å²) in [5.41, 5.74) is 5.40. The van der Waals surface area contributed by atoms with Gasteiger partial charge in [0.2, 0.25) is 0 Å². The Bertz CT molecular complexity index is 1060. The lowest BCUT2D eigenvalue weighted by atomic mass is 9.86. The fourth-order valence-electron chi connectivity index (χ4n) is 6.40. The molecule has 5 rings (SSSR count). The van der Waals surface area contributed by atoms with Crippen molar-refractivity contribution in [3.63, 3.8) is 0 Å². The highest BCUT2D eigenvalue weighted by Gasteiger charge is 2.42. The van der Waals surface area contributed by atoms with Crippen molar-refractivity contribution in [1.29, 1.82) is 0 Å². The number of likely N-dealkylation sites (tertiary alicyclic amines) is 1. The van der Waals surface area contributed by atoms with Crippen molar-refractivity contribution < 1.29 is 4.79 Å². The summed E-state index contributed by atoms with van der Waals surface area (Å²) in [6.07, 6.45) is 5.97. The van der Waals surface area contributed by atoms with Gasteiger partial charge in [-0.25, -0.2) is 9.97 Å². The lowest BCUT2D eigenvalue weighted by molar-refractivity contribution is -0.0298. The highest BCUT2D eigenvalue weighted by molar-refractivity contribution is 9.10. The first-order chi connectivity index (χ1) is 16.3. The van der Waals surface area contributed by atoms with Crippen LogP contribution in [-0.2, 0) is 6.42 Å². The summed E-state index contributed by atoms with van der Waals surface area (Å²) in [6.45, 7) is 13.5. The first-order valence-electron chi connectivity index (χ1n) is 12.6. The molecular weight excluding hydrogens is 490 g/mol. The second kappa shape index (κ2) is 9.32. The fourth-order valence-corrected chi connectivity index (χ4v) is 6.81. The highest BCUT2D eigenvalue weighted by atomic mass is 79.9. The van der Waals surface area contributed by atoms with E-state index in [1.165, 1.54) is 28.4 Å². The molecule has 1 amide bonds. The summed E-state index contributed by atoms with van der Waals surface area (Å²) in [7, 11) is 0. The van der Waals surface area contributed by atoms with Gasteiger partial charge in [-0.05, 0) is 76.6 Å². The Labute approximate surface area is 211 Å². The Balaban J connectivity index is 1.22. The van der Waals surface area contributed by atoms with Crippen LogP contribution in [0.4, 0.5) is 0 Å². The number of fused-ring (bicyclic) bond motifs is 1. The van der Waals surface area contributed by atoms with Crippen molar-refractivity contribution in [3.8, 4) is 0 Å². The number of hydrogen-bond donors (Lipinski definition) is 0. The van der Waals surface area contributed by atoms with Gasteiger partial charge < -0.3 is 4.90 Å². The van der Waals surface area contributed by atoms with Crippen LogP contribution in [0.3, 0.4) is 0 Å². The average molecular weight is 527 g/mol. The van der Waals surface area contributed by atoms with Crippen LogP contribution in [0.2, 0.25) is 0 Å². The molecule has 1 unspecified atom stereocenters. The molecule has 2 atom stereocenters. The van der Waals surface area contributed by atoms with E-state index in [0.717, 1.165) is 57.0 Å². The molecule has 6 nitrogen and oxygen atoms in total. The van der Waals surface area contributed by atoms with Crippen LogP contribution >= 0.6 is 15.9 Å². The SMILES string of the molecule is Cc1ncnc(C)c1C(=O)N1CCC(C)(N2CCN(C3CCc4cc(Br)ccc43)[C@@H](C)C2)CC1. The number of hydrogen-bond acceptors (Lipinski definition) is 5. The second-order valence-corrected chi connectivity index (χ2v) is 11.6. The molecule has 0 bridgehead atoms. The molecule has 3 heterocycles. The van der Waals surface area contributed by atoms with E-state index in [1.54, 1.807) is 6.33 Å². The number of carbonyl (C=O) groups is 1. The summed E-state index contributed by atoms with van der Waals surface area (Å²) in [5.74, 6) is 0.0855. The maximum atomic E-state index is 13.2. The van der Waals surface area contributed by atoms with Gasteiger partial charge in [-0.2, -0.15) is 0 Å². The quantitative estimate of drug-likeness (QED) is 0.588. The highest BCUT2D eigenvalue weighted by Crippen LogP contribution is 2.40. The number of rotatable bonds is 3. The van der Waals surface area contributed by atoms with Crippen molar-refractivity contribution >= 4 is 21.8 Å². The fraction of sp³-hybridized carbons (Fsp3) is 0.593. The van der Waals surface area contributed by atoms with Crippen molar-refractivity contribution in [2.24, 2.45) is 0 Å². The molecule has 1 aromatic heterocycles. The van der Waals surface area contributed by atoms with Gasteiger partial charge in [0, 0.05) is 54.8 Å². The first kappa shape index (κ1) is 23.9. The molecule has 2 aliphatic heterocycles. The predicted octanol–water partition coefficient (Wildman–Crippen LogP) is 4.54. The van der Waals surface area contributed by atoms with E-state index in [-0.39, 0.29) is 11.4 Å². The number of benzene rings is 1. The van der Waals surface area contributed by atoms with Crippen LogP contribution in [-0.4, -0.2) is 74.9 Å². The number of piperazine rings is 1. The minimum Gasteiger partial charge on any atom is -0.338 e. The zero-order chi connectivity index (χ0) is 24.0. The molecule has 2 aromatic rings. The molecule has 0 radical (unpaired) electrons. The summed E-state index contributed by atoms with van der Waals surface area (Å²) < 4.78 is 1.19. The molecule has 2 fully saturated rings. The van der Waals surface area contributed by atoms with Crippen molar-refractivity contribution in [2.75, 3.05) is 32.7 Å². The smallest absolute Gasteiger partial charge is 0.257 e. The molecule has 34 heavy (non-hydrogen) atoms. The Morgan fingerprint density at radius 3 is 2.47 bits per heavy atom. The monoisotopic (exact) mass is 525 g/mol. The number of aromatic nitrogens is 2. The topological polar surface area (TPSA) is 52.6 Å². The molecule has 0 spiro atoms. The van der Waals surface area contributed by atoms with Gasteiger partial charge in [-0.1, -0.05) is 22.0 Å². The molecule has 0 N–H and O–H groups in total. The van der Waals surface area contributed by atoms with Gasteiger partial charge >= 0.3 is 0 Å². The number of amides is 1. The van der Waals surface area contributed by atoms with Crippen LogP contribution in [0.1, 0.15) is 72.0 Å². The zero-order valence-electron chi connectivity index (χ0n) is 20.9. The number of nitrogens with zero attached hydrogens (tertiary/aromatic N) is 5. The van der Waals surface area contributed by atoms with Crippen molar-refractivity contribution in [3.05, 3.63) is 57.1 Å². The lowest BCUT2D eigenvalue weighted by Crippen LogP contribution is -2.62. The van der Waals surface area contributed by atoms with Crippen LogP contribution in [0.25, 0.3) is 0 Å². The van der Waals surface area contributed by atoms with Gasteiger partial charge in [0.05, 0.1) is 17.0 Å². The molecule has 7 heteroatoms. The third-order valence-electron chi connectivity index (χ3n) is 8.56. The molecule has 0 saturated carbocycles. The zero-order valence-corrected chi connectivity index (χ0v) is 22.4. The minimum absolute atomic E-state index is 0.0855. The summed E-state index contributed by atoms with van der Waals surface area (Å²) in [5, 5.41) is 0. The van der Waals surface area contributed by atoms with Gasteiger partial charge in [0.25, 0.3) is 5.91 Å². The van der Waals surface area contributed by atoms with E-state index in [0.29, 0.717) is 17.6 Å². The first-order valence-corrected chi connectivity index (χ1v) is 13.4. The van der Waals surface area contributed by atoms with Gasteiger partial charge in [0.15, 0.2) is 0 Å². The normalized spacial score (nSPS) is 25.4. The number of carbonyl (C=O) groups excluding carboxylic acids is 1. The van der Waals surface area contributed by atoms with E-state index in [1.807, 2.05) is 18.7 Å². The van der Waals surface area contributed by atoms with Gasteiger partial charge in [-0.3, -0.25) is 14.6 Å². The minimum atomic E-state index is 0.0855. The molecule has 1 aromatic carbocycles. The third kappa shape index (κ3) is 4.31. The Kier molecular flexibility index (Phi) is 6.55. The third-order valence-corrected chi connectivity index (χ3v) is 9.06. The summed E-state index contributed by atoms with van der Waals surface area (Å²) in [6, 6.07) is 7.89. The van der Waals surface area contributed by atoms with E-state index in [9.17, 15) is 4.79 Å². The standard InChI is InChI=1S/C27H36BrN5O/c1-18-16-32(13-14-33(18)24-8-5-21-15-22(28)6-7-23(21)24)27(4)9-11-31(12-10-27)26(34)25-19(2)29-17-30-20(25)3/h6-7,15,17-18,24H,5,8-14,16H2,1-4H3/t18-,24?/m0/s1. The van der Waals surface area contributed by atoms with Crippen LogP contribution < -0.4 is 0 Å². The van der Waals surface area contributed by atoms with E-state index in [4.69, 9.17) is 0 Å². The second-order valence-electron chi connectivity index (χ2n) is 10.6. The van der Waals surface area contributed by atoms with Crippen molar-refractivity contribution in [1.82, 2.24) is 24.7 Å². The Hall–Kier alpha value is -1.83.